The zero-order valence-corrected chi connectivity index (χ0v) is 18.7. The molecule has 0 N–H and O–H groups in total. The molecule has 1 saturated carbocycles. The number of rotatable bonds is 4. The molecule has 0 unspecified atom stereocenters. The van der Waals surface area contributed by atoms with Crippen LogP contribution in [0.15, 0.2) is 6.20 Å². The van der Waals surface area contributed by atoms with Crippen LogP contribution in [0.4, 0.5) is 19.0 Å². The molecule has 2 aromatic rings. The van der Waals surface area contributed by atoms with Gasteiger partial charge in [-0.2, -0.15) is 9.97 Å². The third-order valence-electron chi connectivity index (χ3n) is 7.47. The predicted octanol–water partition coefficient (Wildman–Crippen LogP) is 3.33. The highest BCUT2D eigenvalue weighted by Crippen LogP contribution is 2.46. The second kappa shape index (κ2) is 7.81. The van der Waals surface area contributed by atoms with Gasteiger partial charge in [0.15, 0.2) is 11.0 Å². The molecule has 6 rings (SSSR count). The van der Waals surface area contributed by atoms with E-state index >= 15 is 4.39 Å². The van der Waals surface area contributed by atoms with Gasteiger partial charge in [-0.1, -0.05) is 11.6 Å². The van der Waals surface area contributed by atoms with Crippen LogP contribution in [0.25, 0.3) is 10.9 Å². The number of ether oxygens (including phenoxy) is 2. The molecule has 6 atom stereocenters. The van der Waals surface area contributed by atoms with Crippen molar-refractivity contribution in [1.29, 1.82) is 0 Å². The molecule has 4 aliphatic rings. The molecule has 0 spiro atoms. The summed E-state index contributed by atoms with van der Waals surface area (Å²) in [5.41, 5.74) is -1.40. The van der Waals surface area contributed by atoms with Crippen molar-refractivity contribution >= 4 is 28.3 Å². The summed E-state index contributed by atoms with van der Waals surface area (Å²) in [6, 6.07) is -1.38. The Balaban J connectivity index is 1.44. The van der Waals surface area contributed by atoms with E-state index in [1.54, 1.807) is 11.8 Å². The number of anilines is 1. The lowest BCUT2D eigenvalue weighted by Crippen LogP contribution is -2.46. The molecule has 178 valence electrons. The average Bonchev–Trinajstić information content (AvgIpc) is 3.21. The molecular formula is C22H25ClF3N5O2. The zero-order chi connectivity index (χ0) is 24.7. The van der Waals surface area contributed by atoms with Gasteiger partial charge in [-0.05, 0) is 26.3 Å². The third-order valence-corrected chi connectivity index (χ3v) is 7.74. The van der Waals surface area contributed by atoms with E-state index in [1.807, 2.05) is 4.90 Å². The summed E-state index contributed by atoms with van der Waals surface area (Å²) in [6.07, 6.45) is 0.0701. The molecule has 0 aromatic carbocycles. The van der Waals surface area contributed by atoms with Crippen LogP contribution < -0.4 is 9.64 Å². The van der Waals surface area contributed by atoms with E-state index < -0.39 is 53.5 Å². The van der Waals surface area contributed by atoms with Crippen molar-refractivity contribution in [2.24, 2.45) is 5.92 Å². The lowest BCUT2D eigenvalue weighted by Gasteiger charge is -2.33. The smallest absolute Gasteiger partial charge is 0.319 e. The summed E-state index contributed by atoms with van der Waals surface area (Å²) in [7, 11) is 0. The minimum absolute atomic E-state index is 0.0253. The highest BCUT2D eigenvalue weighted by molar-refractivity contribution is 6.30. The van der Waals surface area contributed by atoms with E-state index in [2.05, 4.69) is 15.0 Å². The highest BCUT2D eigenvalue weighted by Gasteiger charge is 2.57. The maximum Gasteiger partial charge on any atom is 0.319 e. The first-order valence-corrected chi connectivity index (χ1v) is 11.6. The van der Waals surface area contributed by atoms with E-state index in [-0.39, 0.29) is 35.7 Å². The molecule has 0 radical (unpaired) electrons. The quantitative estimate of drug-likeness (QED) is 0.615. The van der Waals surface area contributed by atoms with Gasteiger partial charge >= 0.3 is 6.01 Å². The fourth-order valence-electron chi connectivity index (χ4n) is 5.64. The Morgan fingerprint density at radius 2 is 2.21 bits per heavy atom. The van der Waals surface area contributed by atoms with E-state index in [0.29, 0.717) is 32.5 Å². The van der Waals surface area contributed by atoms with Gasteiger partial charge in [-0.25, -0.2) is 18.2 Å². The molecule has 1 aliphatic carbocycles. The molecule has 0 amide bonds. The first-order chi connectivity index (χ1) is 16.6. The van der Waals surface area contributed by atoms with E-state index in [9.17, 15) is 8.78 Å². The molecule has 33 heavy (non-hydrogen) atoms. The van der Waals surface area contributed by atoms with Gasteiger partial charge in [0.25, 0.3) is 0 Å². The molecule has 11 heteroatoms. The summed E-state index contributed by atoms with van der Waals surface area (Å²) >= 11 is 5.90. The third kappa shape index (κ3) is 3.36. The standard InChI is InChI=1S/C22H25ClF3N5O2/c1-11-14(24)7-22(3-2-4-31(11)22)10-33-21-28-17-12(8-27-19(23)16(17)26)20(29-21)30-5-6-32-9-13-15(25)18(13)30/h8,11,13-15,18H,2-7,9-10H2,1H3/t11-,13+,14-,15+,18+,22+/m1/s1/i10D2. The molecule has 5 heterocycles. The number of nitrogens with zero attached hydrogens (tertiary/aromatic N) is 5. The van der Waals surface area contributed by atoms with Crippen LogP contribution in [0.3, 0.4) is 0 Å². The average molecular weight is 486 g/mol. The van der Waals surface area contributed by atoms with Gasteiger partial charge in [-0.3, -0.25) is 4.90 Å². The number of alkyl halides is 2. The first-order valence-electron chi connectivity index (χ1n) is 12.2. The van der Waals surface area contributed by atoms with Crippen LogP contribution in [0.2, 0.25) is 5.15 Å². The molecule has 4 fully saturated rings. The highest BCUT2D eigenvalue weighted by atomic mass is 35.5. The van der Waals surface area contributed by atoms with Crippen LogP contribution in [-0.4, -0.2) is 82.7 Å². The van der Waals surface area contributed by atoms with Gasteiger partial charge in [0.05, 0.1) is 32.9 Å². The van der Waals surface area contributed by atoms with Crippen molar-refractivity contribution in [1.82, 2.24) is 19.9 Å². The molecular weight excluding hydrogens is 459 g/mol. The van der Waals surface area contributed by atoms with Crippen LogP contribution in [0.1, 0.15) is 28.9 Å². The number of halogens is 4. The van der Waals surface area contributed by atoms with E-state index in [1.165, 1.54) is 6.20 Å². The van der Waals surface area contributed by atoms with Gasteiger partial charge in [0, 0.05) is 31.1 Å². The fraction of sp³-hybridized carbons (Fsp3) is 0.682. The second-order valence-corrected chi connectivity index (χ2v) is 9.67. The number of fused-ring (bicyclic) bond motifs is 3. The van der Waals surface area contributed by atoms with Gasteiger partial charge in [0.1, 0.15) is 30.2 Å². The number of pyridine rings is 1. The molecule has 3 saturated heterocycles. The summed E-state index contributed by atoms with van der Waals surface area (Å²) in [4.78, 5) is 15.9. The van der Waals surface area contributed by atoms with Gasteiger partial charge in [0.2, 0.25) is 0 Å². The van der Waals surface area contributed by atoms with Gasteiger partial charge in [-0.15, -0.1) is 0 Å². The lowest BCUT2D eigenvalue weighted by atomic mass is 9.94. The van der Waals surface area contributed by atoms with E-state index in [0.717, 1.165) is 0 Å². The minimum atomic E-state index is -2.37. The zero-order valence-electron chi connectivity index (χ0n) is 20.0. The Bertz CT molecular complexity index is 1180. The Labute approximate surface area is 197 Å². The van der Waals surface area contributed by atoms with Crippen molar-refractivity contribution in [2.75, 3.05) is 37.8 Å². The van der Waals surface area contributed by atoms with Crippen LogP contribution in [-0.2, 0) is 4.74 Å². The number of hydrogen-bond donors (Lipinski definition) is 0. The second-order valence-electron chi connectivity index (χ2n) is 9.32. The number of aromatic nitrogens is 3. The molecule has 7 nitrogen and oxygen atoms in total. The maximum absolute atomic E-state index is 15.0. The topological polar surface area (TPSA) is 63.6 Å². The Kier molecular flexibility index (Phi) is 4.59. The fourth-order valence-corrected chi connectivity index (χ4v) is 5.78. The van der Waals surface area contributed by atoms with Crippen molar-refractivity contribution in [3.63, 3.8) is 0 Å². The predicted molar refractivity (Wildman–Crippen MR) is 116 cm³/mol. The Morgan fingerprint density at radius 3 is 3.06 bits per heavy atom. The Hall–Kier alpha value is -1.91. The van der Waals surface area contributed by atoms with Crippen molar-refractivity contribution < 1.29 is 25.4 Å². The SMILES string of the molecule is [2H]C([2H])(Oc1nc(N2CCOC[C@H]3[C@H](F)[C@H]32)c2cnc(Cl)c(F)c2n1)[C@@]12CCCN1[C@H](C)[C@H](F)C2. The summed E-state index contributed by atoms with van der Waals surface area (Å²) in [5.74, 6) is -1.07. The first kappa shape index (κ1) is 19.4. The van der Waals surface area contributed by atoms with Gasteiger partial charge < -0.3 is 14.4 Å². The van der Waals surface area contributed by atoms with Crippen LogP contribution in [0.5, 0.6) is 6.01 Å². The summed E-state index contributed by atoms with van der Waals surface area (Å²) in [6.45, 7) is 0.811. The van der Waals surface area contributed by atoms with Crippen LogP contribution >= 0.6 is 11.6 Å². The monoisotopic (exact) mass is 485 g/mol. The molecule has 3 aliphatic heterocycles. The summed E-state index contributed by atoms with van der Waals surface area (Å²) in [5, 5.41) is -0.202. The minimum Gasteiger partial charge on any atom is -0.461 e. The summed E-state index contributed by atoms with van der Waals surface area (Å²) < 4.78 is 73.1. The van der Waals surface area contributed by atoms with Crippen LogP contribution in [0, 0.1) is 11.7 Å². The number of hydrogen-bond acceptors (Lipinski definition) is 7. The van der Waals surface area contributed by atoms with E-state index in [4.69, 9.17) is 23.8 Å². The molecule has 2 aromatic heterocycles. The van der Waals surface area contributed by atoms with Crippen molar-refractivity contribution in [2.45, 2.75) is 56.2 Å². The van der Waals surface area contributed by atoms with Crippen molar-refractivity contribution in [3.05, 3.63) is 17.2 Å². The Morgan fingerprint density at radius 1 is 1.36 bits per heavy atom. The maximum atomic E-state index is 15.0. The van der Waals surface area contributed by atoms with Crippen molar-refractivity contribution in [3.8, 4) is 6.01 Å². The largest absolute Gasteiger partial charge is 0.461 e. The normalized spacial score (nSPS) is 37.4. The molecule has 0 bridgehead atoms. The lowest BCUT2D eigenvalue weighted by molar-refractivity contribution is 0.0879.